The van der Waals surface area contributed by atoms with Crippen LogP contribution in [0.15, 0.2) is 36.4 Å². The van der Waals surface area contributed by atoms with Crippen molar-refractivity contribution in [1.82, 2.24) is 0 Å². The molecule has 0 aliphatic carbocycles. The Bertz CT molecular complexity index is 688. The van der Waals surface area contributed by atoms with Gasteiger partial charge in [-0.3, -0.25) is 4.79 Å². The second-order valence-electron chi connectivity index (χ2n) is 5.59. The molecular formula is C15H11ClNO4-. The lowest BCUT2D eigenvalue weighted by Crippen LogP contribution is -2.45. The molecule has 2 saturated heterocycles. The van der Waals surface area contributed by atoms with Gasteiger partial charge in [0.05, 0.1) is 29.3 Å². The highest BCUT2D eigenvalue weighted by molar-refractivity contribution is 6.34. The van der Waals surface area contributed by atoms with Gasteiger partial charge in [-0.05, 0) is 12.1 Å². The van der Waals surface area contributed by atoms with E-state index >= 15 is 0 Å². The Hall–Kier alpha value is -1.85. The molecule has 5 nitrogen and oxygen atoms in total. The second kappa shape index (κ2) is 4.08. The summed E-state index contributed by atoms with van der Waals surface area (Å²) in [5.41, 5.74) is -0.295. The molecule has 1 aromatic rings. The molecule has 1 spiro atoms. The molecule has 0 N–H and O–H groups in total. The van der Waals surface area contributed by atoms with Gasteiger partial charge < -0.3 is 19.5 Å². The summed E-state index contributed by atoms with van der Waals surface area (Å²) in [6.45, 7) is 0.275. The number of carboxylic acids is 1. The summed E-state index contributed by atoms with van der Waals surface area (Å²) in [6, 6.07) is 6.99. The first-order valence-electron chi connectivity index (χ1n) is 6.67. The van der Waals surface area contributed by atoms with E-state index in [-0.39, 0.29) is 12.5 Å². The molecule has 108 valence electrons. The fraction of sp³-hybridized carbons (Fsp3) is 0.333. The quantitative estimate of drug-likeness (QED) is 0.741. The molecule has 0 radical (unpaired) electrons. The Morgan fingerprint density at radius 1 is 1.43 bits per heavy atom. The summed E-state index contributed by atoms with van der Waals surface area (Å²) in [6.07, 6.45) is 2.94. The van der Waals surface area contributed by atoms with Crippen LogP contribution in [0, 0.1) is 11.8 Å². The van der Waals surface area contributed by atoms with Crippen LogP contribution in [0.2, 0.25) is 5.02 Å². The highest BCUT2D eigenvalue weighted by Crippen LogP contribution is 2.52. The number of fused-ring (bicyclic) bond motifs is 1. The highest BCUT2D eigenvalue weighted by Gasteiger charge is 2.65. The van der Waals surface area contributed by atoms with E-state index in [2.05, 4.69) is 0 Å². The van der Waals surface area contributed by atoms with E-state index in [1.807, 2.05) is 0 Å². The summed E-state index contributed by atoms with van der Waals surface area (Å²) in [4.78, 5) is 25.6. The maximum Gasteiger partial charge on any atom is 0.234 e. The van der Waals surface area contributed by atoms with Gasteiger partial charge in [0, 0.05) is 11.9 Å². The minimum atomic E-state index is -1.24. The number of carboxylic acid groups (broad SMARTS) is 1. The number of hydrogen-bond acceptors (Lipinski definition) is 4. The van der Waals surface area contributed by atoms with Crippen LogP contribution in [0.1, 0.15) is 0 Å². The second-order valence-corrected chi connectivity index (χ2v) is 6.00. The maximum atomic E-state index is 12.7. The molecule has 1 aromatic carbocycles. The number of para-hydroxylation sites is 1. The minimum absolute atomic E-state index is 0.274. The van der Waals surface area contributed by atoms with Gasteiger partial charge in [0.25, 0.3) is 0 Å². The van der Waals surface area contributed by atoms with Crippen LogP contribution in [0.3, 0.4) is 0 Å². The molecule has 0 unspecified atom stereocenters. The number of anilines is 1. The summed E-state index contributed by atoms with van der Waals surface area (Å²) in [7, 11) is 0. The number of amides is 1. The number of ether oxygens (including phenoxy) is 1. The normalized spacial score (nSPS) is 36.3. The van der Waals surface area contributed by atoms with Crippen LogP contribution in [-0.4, -0.2) is 30.1 Å². The third-order valence-electron chi connectivity index (χ3n) is 4.52. The first kappa shape index (κ1) is 12.9. The van der Waals surface area contributed by atoms with E-state index in [4.69, 9.17) is 16.3 Å². The minimum Gasteiger partial charge on any atom is -0.550 e. The Labute approximate surface area is 125 Å². The lowest BCUT2D eigenvalue weighted by Gasteiger charge is -2.24. The first-order chi connectivity index (χ1) is 10.0. The lowest BCUT2D eigenvalue weighted by atomic mass is 9.77. The van der Waals surface area contributed by atoms with Gasteiger partial charge >= 0.3 is 0 Å². The van der Waals surface area contributed by atoms with Crippen molar-refractivity contribution >= 4 is 29.2 Å². The molecule has 1 amide bonds. The zero-order valence-corrected chi connectivity index (χ0v) is 11.6. The Morgan fingerprint density at radius 2 is 2.19 bits per heavy atom. The van der Waals surface area contributed by atoms with Gasteiger partial charge in [-0.2, -0.15) is 0 Å². The molecule has 0 aromatic heterocycles. The number of aliphatic carboxylic acids is 1. The number of halogens is 1. The van der Waals surface area contributed by atoms with Crippen molar-refractivity contribution in [1.29, 1.82) is 0 Å². The van der Waals surface area contributed by atoms with Crippen molar-refractivity contribution in [2.24, 2.45) is 11.8 Å². The maximum absolute atomic E-state index is 12.7. The monoisotopic (exact) mass is 304 g/mol. The number of carbonyl (C=O) groups excluding carboxylic acids is 2. The Kier molecular flexibility index (Phi) is 2.50. The molecule has 6 heteroatoms. The van der Waals surface area contributed by atoms with Gasteiger partial charge in [0.15, 0.2) is 0 Å². The smallest absolute Gasteiger partial charge is 0.234 e. The van der Waals surface area contributed by atoms with Gasteiger partial charge in [0.2, 0.25) is 5.91 Å². The first-order valence-corrected chi connectivity index (χ1v) is 7.05. The van der Waals surface area contributed by atoms with Gasteiger partial charge in [-0.25, -0.2) is 0 Å². The van der Waals surface area contributed by atoms with Crippen molar-refractivity contribution in [3.8, 4) is 0 Å². The summed E-state index contributed by atoms with van der Waals surface area (Å²) in [5.74, 6) is -3.20. The molecule has 3 aliphatic heterocycles. The van der Waals surface area contributed by atoms with Crippen LogP contribution < -0.4 is 10.0 Å². The van der Waals surface area contributed by atoms with Crippen LogP contribution in [0.5, 0.6) is 0 Å². The topological polar surface area (TPSA) is 69.7 Å². The van der Waals surface area contributed by atoms with Crippen molar-refractivity contribution in [3.05, 3.63) is 41.4 Å². The van der Waals surface area contributed by atoms with E-state index in [1.165, 1.54) is 4.90 Å². The number of benzene rings is 1. The number of carbonyl (C=O) groups is 2. The molecule has 4 atom stereocenters. The highest BCUT2D eigenvalue weighted by atomic mass is 35.5. The predicted molar refractivity (Wildman–Crippen MR) is 72.5 cm³/mol. The van der Waals surface area contributed by atoms with E-state index in [0.29, 0.717) is 10.7 Å². The van der Waals surface area contributed by atoms with Crippen molar-refractivity contribution in [3.63, 3.8) is 0 Å². The third-order valence-corrected chi connectivity index (χ3v) is 4.84. The zero-order chi connectivity index (χ0) is 14.8. The van der Waals surface area contributed by atoms with E-state index in [9.17, 15) is 14.7 Å². The zero-order valence-electron chi connectivity index (χ0n) is 10.9. The molecule has 21 heavy (non-hydrogen) atoms. The largest absolute Gasteiger partial charge is 0.550 e. The Balaban J connectivity index is 1.78. The fourth-order valence-corrected chi connectivity index (χ4v) is 3.88. The van der Waals surface area contributed by atoms with Crippen LogP contribution >= 0.6 is 11.6 Å². The molecular weight excluding hydrogens is 294 g/mol. The standard InChI is InChI=1S/C15H12ClNO4/c16-8-3-1-2-4-9(8)17-7-15-6-5-10(21-15)11(14(19)20)12(15)13(17)18/h1-6,10-12H,7H2,(H,19,20)/p-1/t10-,11-,12+,15+/m0/s1. The predicted octanol–water partition coefficient (Wildman–Crippen LogP) is 0.376. The number of nitrogens with zero attached hydrogens (tertiary/aromatic N) is 1. The fourth-order valence-electron chi connectivity index (χ4n) is 3.64. The third kappa shape index (κ3) is 1.56. The van der Waals surface area contributed by atoms with Crippen molar-refractivity contribution in [2.45, 2.75) is 11.7 Å². The van der Waals surface area contributed by atoms with Crippen molar-refractivity contribution in [2.75, 3.05) is 11.4 Å². The van der Waals surface area contributed by atoms with Crippen LogP contribution in [0.4, 0.5) is 5.69 Å². The molecule has 3 heterocycles. The lowest BCUT2D eigenvalue weighted by molar-refractivity contribution is -0.313. The van der Waals surface area contributed by atoms with E-state index in [0.717, 1.165) is 0 Å². The molecule has 2 bridgehead atoms. The average molecular weight is 305 g/mol. The molecule has 0 saturated carbocycles. The van der Waals surface area contributed by atoms with Crippen molar-refractivity contribution < 1.29 is 19.4 Å². The average Bonchev–Trinajstić information content (AvgIpc) is 3.08. The van der Waals surface area contributed by atoms with Gasteiger partial charge in [0.1, 0.15) is 5.60 Å². The Morgan fingerprint density at radius 3 is 2.90 bits per heavy atom. The van der Waals surface area contributed by atoms with E-state index < -0.39 is 29.5 Å². The number of hydrogen-bond donors (Lipinski definition) is 0. The molecule has 3 aliphatic rings. The SMILES string of the molecule is O=C([O-])[C@H]1[C@@H]2C=C[C@]3(CN(c4ccccc4Cl)C(=O)[C@@H]13)O2. The van der Waals surface area contributed by atoms with Crippen LogP contribution in [0.25, 0.3) is 0 Å². The summed E-state index contributed by atoms with van der Waals surface area (Å²) >= 11 is 6.14. The van der Waals surface area contributed by atoms with Gasteiger partial charge in [-0.1, -0.05) is 35.9 Å². The summed E-state index contributed by atoms with van der Waals surface area (Å²) in [5, 5.41) is 11.8. The molecule has 2 fully saturated rings. The number of rotatable bonds is 2. The van der Waals surface area contributed by atoms with Crippen LogP contribution in [-0.2, 0) is 14.3 Å². The summed E-state index contributed by atoms with van der Waals surface area (Å²) < 4.78 is 5.78. The van der Waals surface area contributed by atoms with Gasteiger partial charge in [-0.15, -0.1) is 0 Å². The van der Waals surface area contributed by atoms with E-state index in [1.54, 1.807) is 36.4 Å². The molecule has 4 rings (SSSR count).